The third kappa shape index (κ3) is 3.96. The molecular formula is C14H23NO2Si. The number of rotatable bonds is 5. The molecule has 1 aromatic rings. The summed E-state index contributed by atoms with van der Waals surface area (Å²) in [6.45, 7) is 6.56. The minimum Gasteiger partial charge on any atom is -0.388 e. The quantitative estimate of drug-likeness (QED) is 0.804. The third-order valence-corrected chi connectivity index (χ3v) is 6.06. The van der Waals surface area contributed by atoms with E-state index in [4.69, 9.17) is 0 Å². The zero-order valence-corrected chi connectivity index (χ0v) is 12.6. The molecule has 0 aromatic heterocycles. The summed E-state index contributed by atoms with van der Waals surface area (Å²) in [5, 5.41) is 13.2. The van der Waals surface area contributed by atoms with Crippen molar-refractivity contribution in [1.29, 1.82) is 0 Å². The van der Waals surface area contributed by atoms with Crippen molar-refractivity contribution >= 4 is 14.0 Å². The van der Waals surface area contributed by atoms with Crippen LogP contribution in [0.2, 0.25) is 25.2 Å². The molecule has 2 atom stereocenters. The van der Waals surface area contributed by atoms with E-state index in [9.17, 15) is 9.90 Å². The first kappa shape index (κ1) is 14.9. The first-order valence-corrected chi connectivity index (χ1v) is 9.87. The van der Waals surface area contributed by atoms with Gasteiger partial charge in [0, 0.05) is 13.5 Å². The standard InChI is InChI=1S/C14H23NO2Si/c1-15-13(16)10-12(18(2,3)4)14(17)11-8-6-5-7-9-11/h5-9,12,14,17H,10H2,1-4H3,(H,15,16)/t12-,14-/m1/s1. The second kappa shape index (κ2) is 6.16. The molecule has 0 heterocycles. The van der Waals surface area contributed by atoms with Crippen molar-refractivity contribution in [3.8, 4) is 0 Å². The van der Waals surface area contributed by atoms with Gasteiger partial charge >= 0.3 is 0 Å². The largest absolute Gasteiger partial charge is 0.388 e. The Morgan fingerprint density at radius 1 is 1.28 bits per heavy atom. The molecule has 1 aromatic carbocycles. The van der Waals surface area contributed by atoms with Crippen molar-refractivity contribution in [2.24, 2.45) is 0 Å². The summed E-state index contributed by atoms with van der Waals surface area (Å²) < 4.78 is 0. The number of aliphatic hydroxyl groups excluding tert-OH is 1. The van der Waals surface area contributed by atoms with E-state index in [2.05, 4.69) is 25.0 Å². The van der Waals surface area contributed by atoms with Gasteiger partial charge in [-0.25, -0.2) is 0 Å². The van der Waals surface area contributed by atoms with E-state index in [1.165, 1.54) is 0 Å². The fourth-order valence-electron chi connectivity index (χ4n) is 2.08. The fourth-order valence-corrected chi connectivity index (χ4v) is 4.01. The van der Waals surface area contributed by atoms with Crippen molar-refractivity contribution < 1.29 is 9.90 Å². The van der Waals surface area contributed by atoms with E-state index in [0.717, 1.165) is 5.56 Å². The molecule has 0 unspecified atom stereocenters. The van der Waals surface area contributed by atoms with E-state index in [1.807, 2.05) is 30.3 Å². The van der Waals surface area contributed by atoms with Crippen LogP contribution in [0.4, 0.5) is 0 Å². The molecular weight excluding hydrogens is 242 g/mol. The molecule has 0 bridgehead atoms. The topological polar surface area (TPSA) is 49.3 Å². The van der Waals surface area contributed by atoms with Gasteiger partial charge < -0.3 is 10.4 Å². The van der Waals surface area contributed by atoms with Crippen LogP contribution in [0.15, 0.2) is 30.3 Å². The fraction of sp³-hybridized carbons (Fsp3) is 0.500. The highest BCUT2D eigenvalue weighted by molar-refractivity contribution is 6.77. The van der Waals surface area contributed by atoms with Crippen molar-refractivity contribution in [3.63, 3.8) is 0 Å². The Kier molecular flexibility index (Phi) is 5.11. The number of hydrogen-bond donors (Lipinski definition) is 2. The van der Waals surface area contributed by atoms with Crippen LogP contribution in [0.5, 0.6) is 0 Å². The van der Waals surface area contributed by atoms with Gasteiger partial charge in [0.2, 0.25) is 5.91 Å². The zero-order chi connectivity index (χ0) is 13.8. The molecule has 3 nitrogen and oxygen atoms in total. The Morgan fingerprint density at radius 2 is 1.83 bits per heavy atom. The first-order chi connectivity index (χ1) is 8.36. The molecule has 0 saturated carbocycles. The third-order valence-electron chi connectivity index (χ3n) is 3.32. The van der Waals surface area contributed by atoms with Crippen LogP contribution >= 0.6 is 0 Å². The normalized spacial score (nSPS) is 14.9. The van der Waals surface area contributed by atoms with Crippen molar-refractivity contribution in [2.75, 3.05) is 7.05 Å². The van der Waals surface area contributed by atoms with E-state index in [-0.39, 0.29) is 11.4 Å². The maximum Gasteiger partial charge on any atom is 0.219 e. The highest BCUT2D eigenvalue weighted by atomic mass is 28.3. The smallest absolute Gasteiger partial charge is 0.219 e. The van der Waals surface area contributed by atoms with E-state index in [0.29, 0.717) is 6.42 Å². The lowest BCUT2D eigenvalue weighted by Crippen LogP contribution is -2.36. The lowest BCUT2D eigenvalue weighted by Gasteiger charge is -2.32. The second-order valence-corrected chi connectivity index (χ2v) is 11.2. The van der Waals surface area contributed by atoms with Crippen LogP contribution in [0, 0.1) is 0 Å². The Labute approximate surface area is 110 Å². The predicted molar refractivity (Wildman–Crippen MR) is 77.2 cm³/mol. The maximum atomic E-state index is 11.6. The van der Waals surface area contributed by atoms with Gasteiger partial charge in [-0.2, -0.15) is 0 Å². The molecule has 0 aliphatic rings. The number of carbonyl (C=O) groups excluding carboxylic acids is 1. The maximum absolute atomic E-state index is 11.6. The van der Waals surface area contributed by atoms with Crippen LogP contribution in [-0.2, 0) is 4.79 Å². The number of nitrogens with one attached hydrogen (secondary N) is 1. The Morgan fingerprint density at radius 3 is 2.28 bits per heavy atom. The average molecular weight is 265 g/mol. The van der Waals surface area contributed by atoms with Gasteiger partial charge in [-0.3, -0.25) is 4.79 Å². The van der Waals surface area contributed by atoms with Gasteiger partial charge in [0.25, 0.3) is 0 Å². The van der Waals surface area contributed by atoms with Crippen LogP contribution in [0.25, 0.3) is 0 Å². The molecule has 0 aliphatic heterocycles. The molecule has 0 aliphatic carbocycles. The summed E-state index contributed by atoms with van der Waals surface area (Å²) in [6, 6.07) is 9.60. The first-order valence-electron chi connectivity index (χ1n) is 6.30. The molecule has 0 fully saturated rings. The van der Waals surface area contributed by atoms with E-state index in [1.54, 1.807) is 7.05 Å². The average Bonchev–Trinajstić information content (AvgIpc) is 2.34. The van der Waals surface area contributed by atoms with Gasteiger partial charge in [0.15, 0.2) is 0 Å². The number of hydrogen-bond acceptors (Lipinski definition) is 2. The molecule has 0 spiro atoms. The molecule has 1 rings (SSSR count). The minimum absolute atomic E-state index is 0.00240. The van der Waals surface area contributed by atoms with Crippen LogP contribution in [0.1, 0.15) is 18.1 Å². The minimum atomic E-state index is -1.62. The van der Waals surface area contributed by atoms with Gasteiger partial charge in [0.05, 0.1) is 14.2 Å². The van der Waals surface area contributed by atoms with Crippen LogP contribution in [0.3, 0.4) is 0 Å². The summed E-state index contributed by atoms with van der Waals surface area (Å²) in [5.41, 5.74) is 0.925. The van der Waals surface area contributed by atoms with Gasteiger partial charge in [0.1, 0.15) is 0 Å². The molecule has 2 N–H and O–H groups in total. The number of aliphatic hydroxyl groups is 1. The van der Waals surface area contributed by atoms with Crippen molar-refractivity contribution in [1.82, 2.24) is 5.32 Å². The Bertz CT molecular complexity index is 387. The summed E-state index contributed by atoms with van der Waals surface area (Å²) >= 11 is 0. The SMILES string of the molecule is CNC(=O)C[C@H]([C@H](O)c1ccccc1)[Si](C)(C)C. The highest BCUT2D eigenvalue weighted by Gasteiger charge is 2.34. The Balaban J connectivity index is 2.93. The lowest BCUT2D eigenvalue weighted by molar-refractivity contribution is -0.121. The molecule has 4 heteroatoms. The summed E-state index contributed by atoms with van der Waals surface area (Å²) in [5.74, 6) is -0.00240. The second-order valence-electron chi connectivity index (χ2n) is 5.71. The molecule has 100 valence electrons. The molecule has 0 saturated heterocycles. The molecule has 0 radical (unpaired) electrons. The predicted octanol–water partition coefficient (Wildman–Crippen LogP) is 2.56. The van der Waals surface area contributed by atoms with Crippen molar-refractivity contribution in [3.05, 3.63) is 35.9 Å². The van der Waals surface area contributed by atoms with Crippen LogP contribution < -0.4 is 5.32 Å². The highest BCUT2D eigenvalue weighted by Crippen LogP contribution is 2.37. The van der Waals surface area contributed by atoms with Gasteiger partial charge in [-0.1, -0.05) is 50.0 Å². The van der Waals surface area contributed by atoms with E-state index < -0.39 is 14.2 Å². The zero-order valence-electron chi connectivity index (χ0n) is 11.6. The van der Waals surface area contributed by atoms with Gasteiger partial charge in [-0.05, 0) is 11.1 Å². The molecule has 1 amide bonds. The summed E-state index contributed by atoms with van der Waals surface area (Å²) in [6.07, 6.45) is -0.169. The summed E-state index contributed by atoms with van der Waals surface area (Å²) in [7, 11) is 0.0150. The van der Waals surface area contributed by atoms with Crippen molar-refractivity contribution in [2.45, 2.75) is 37.7 Å². The number of amides is 1. The lowest BCUT2D eigenvalue weighted by atomic mass is 10.0. The van der Waals surface area contributed by atoms with Crippen LogP contribution in [-0.4, -0.2) is 26.1 Å². The summed E-state index contributed by atoms with van der Waals surface area (Å²) in [4.78, 5) is 11.6. The Hall–Kier alpha value is -1.13. The number of carbonyl (C=O) groups is 1. The monoisotopic (exact) mass is 265 g/mol. The number of benzene rings is 1. The van der Waals surface area contributed by atoms with Gasteiger partial charge in [-0.15, -0.1) is 0 Å². The molecule has 18 heavy (non-hydrogen) atoms. The van der Waals surface area contributed by atoms with E-state index >= 15 is 0 Å².